The number of alkyl halides is 12. The normalized spacial score (nSPS) is 15.9. The average Bonchev–Trinajstić information content (AvgIpc) is 2.43. The highest BCUT2D eigenvalue weighted by Crippen LogP contribution is 2.55. The molecule has 172 valence electrons. The number of rotatable bonds is 10. The standard InChI is InChI=1S/C11H12F12O3S.H3N/c12-6(4-2-1-3-5-7(13,14)15)8(16,17)9(18,19)10(20,21)11(22,23)27(24,25)26;/h6H,1-5H2,(H,24,25,26);1H3. The van der Waals surface area contributed by atoms with E-state index in [4.69, 9.17) is 4.55 Å². The molecule has 0 aliphatic heterocycles. The van der Waals surface area contributed by atoms with Gasteiger partial charge in [0.25, 0.3) is 0 Å². The first-order chi connectivity index (χ1) is 11.6. The molecule has 0 spiro atoms. The van der Waals surface area contributed by atoms with Crippen LogP contribution >= 0.6 is 0 Å². The third kappa shape index (κ3) is 5.77. The lowest BCUT2D eigenvalue weighted by Gasteiger charge is -2.36. The van der Waals surface area contributed by atoms with Crippen LogP contribution in [0.1, 0.15) is 32.1 Å². The first-order valence-electron chi connectivity index (χ1n) is 6.82. The first kappa shape index (κ1) is 29.2. The summed E-state index contributed by atoms with van der Waals surface area (Å²) in [4.78, 5) is 0. The second kappa shape index (κ2) is 8.81. The SMILES string of the molecule is N.O=S(=O)(O)C(F)(F)C(F)(F)C(F)(F)C(F)(F)C(F)CCCCCC(F)(F)F. The van der Waals surface area contributed by atoms with E-state index in [-0.39, 0.29) is 6.15 Å². The maximum absolute atomic E-state index is 13.3. The van der Waals surface area contributed by atoms with Crippen LogP contribution in [0.15, 0.2) is 0 Å². The minimum atomic E-state index is -7.42. The molecule has 0 saturated carbocycles. The smallest absolute Gasteiger partial charge is 0.344 e. The van der Waals surface area contributed by atoms with E-state index >= 15 is 0 Å². The van der Waals surface area contributed by atoms with Gasteiger partial charge in [-0.1, -0.05) is 12.8 Å². The van der Waals surface area contributed by atoms with Crippen LogP contribution in [0, 0.1) is 0 Å². The fourth-order valence-corrected chi connectivity index (χ4v) is 2.21. The Morgan fingerprint density at radius 2 is 1.18 bits per heavy atom. The van der Waals surface area contributed by atoms with Crippen molar-refractivity contribution in [3.63, 3.8) is 0 Å². The zero-order valence-electron chi connectivity index (χ0n) is 13.5. The van der Waals surface area contributed by atoms with Crippen molar-refractivity contribution in [1.82, 2.24) is 6.15 Å². The lowest BCUT2D eigenvalue weighted by molar-refractivity contribution is -0.359. The molecule has 0 aromatic heterocycles. The van der Waals surface area contributed by atoms with E-state index in [0.29, 0.717) is 0 Å². The second-order valence-corrected chi connectivity index (χ2v) is 6.91. The molecule has 0 aliphatic rings. The van der Waals surface area contributed by atoms with Crippen molar-refractivity contribution in [2.75, 3.05) is 0 Å². The molecule has 0 rings (SSSR count). The fourth-order valence-electron chi connectivity index (χ4n) is 1.76. The Balaban J connectivity index is 0. The van der Waals surface area contributed by atoms with E-state index in [2.05, 4.69) is 0 Å². The molecule has 0 radical (unpaired) electrons. The molecule has 0 aromatic rings. The summed E-state index contributed by atoms with van der Waals surface area (Å²) in [5, 5.41) is -7.08. The van der Waals surface area contributed by atoms with Gasteiger partial charge < -0.3 is 6.15 Å². The number of unbranched alkanes of at least 4 members (excludes halogenated alkanes) is 2. The van der Waals surface area contributed by atoms with Crippen LogP contribution in [-0.4, -0.2) is 48.3 Å². The van der Waals surface area contributed by atoms with Gasteiger partial charge in [-0.25, -0.2) is 4.39 Å². The van der Waals surface area contributed by atoms with Gasteiger partial charge in [-0.2, -0.15) is 56.7 Å². The Morgan fingerprint density at radius 1 is 0.750 bits per heavy atom. The molecular weight excluding hydrogens is 454 g/mol. The summed E-state index contributed by atoms with van der Waals surface area (Å²) in [6.07, 6.45) is -14.3. The van der Waals surface area contributed by atoms with Crippen molar-refractivity contribution >= 4 is 10.1 Å². The molecule has 4 nitrogen and oxygen atoms in total. The van der Waals surface area contributed by atoms with Gasteiger partial charge in [-0.05, 0) is 12.8 Å². The molecule has 0 amide bonds. The highest BCUT2D eigenvalue weighted by atomic mass is 32.2. The third-order valence-corrected chi connectivity index (χ3v) is 4.22. The molecule has 1 unspecified atom stereocenters. The van der Waals surface area contributed by atoms with Gasteiger partial charge in [0.1, 0.15) is 0 Å². The summed E-state index contributed by atoms with van der Waals surface area (Å²) < 4.78 is 182. The van der Waals surface area contributed by atoms with Crippen LogP contribution in [0.25, 0.3) is 0 Å². The molecule has 0 saturated heterocycles. The van der Waals surface area contributed by atoms with E-state index in [9.17, 15) is 61.1 Å². The van der Waals surface area contributed by atoms with Crippen LogP contribution in [0.3, 0.4) is 0 Å². The van der Waals surface area contributed by atoms with E-state index in [1.165, 1.54) is 0 Å². The molecular formula is C11H15F12NO3S. The summed E-state index contributed by atoms with van der Waals surface area (Å²) in [6, 6.07) is 0. The molecule has 17 heteroatoms. The second-order valence-electron chi connectivity index (χ2n) is 5.45. The van der Waals surface area contributed by atoms with Crippen molar-refractivity contribution in [2.45, 2.75) is 67.5 Å². The quantitative estimate of drug-likeness (QED) is 0.255. The molecule has 0 aromatic carbocycles. The summed E-state index contributed by atoms with van der Waals surface area (Å²) in [5.74, 6) is -21.2. The highest BCUT2D eigenvalue weighted by Gasteiger charge is 2.85. The Morgan fingerprint density at radius 3 is 1.54 bits per heavy atom. The van der Waals surface area contributed by atoms with Crippen LogP contribution in [0.2, 0.25) is 0 Å². The van der Waals surface area contributed by atoms with Crippen molar-refractivity contribution in [3.8, 4) is 0 Å². The zero-order chi connectivity index (χ0) is 22.1. The van der Waals surface area contributed by atoms with Crippen LogP contribution in [0.4, 0.5) is 52.7 Å². The summed E-state index contributed by atoms with van der Waals surface area (Å²) in [6.45, 7) is 0. The van der Waals surface area contributed by atoms with Crippen molar-refractivity contribution in [1.29, 1.82) is 0 Å². The number of halogens is 12. The van der Waals surface area contributed by atoms with E-state index < -0.39 is 77.6 Å². The molecule has 4 N–H and O–H groups in total. The zero-order valence-corrected chi connectivity index (χ0v) is 14.3. The van der Waals surface area contributed by atoms with Crippen molar-refractivity contribution < 1.29 is 65.7 Å². The van der Waals surface area contributed by atoms with E-state index in [1.54, 1.807) is 0 Å². The summed E-state index contributed by atoms with van der Waals surface area (Å²) >= 11 is 0. The number of hydrogen-bond donors (Lipinski definition) is 2. The minimum absolute atomic E-state index is 0. The Bertz CT molecular complexity index is 604. The Kier molecular flexibility index (Phi) is 9.20. The lowest BCUT2D eigenvalue weighted by atomic mass is 9.96. The molecule has 28 heavy (non-hydrogen) atoms. The van der Waals surface area contributed by atoms with E-state index in [0.717, 1.165) is 0 Å². The van der Waals surface area contributed by atoms with Gasteiger partial charge >= 0.3 is 39.3 Å². The van der Waals surface area contributed by atoms with Gasteiger partial charge in [0, 0.05) is 6.42 Å². The summed E-state index contributed by atoms with van der Waals surface area (Å²) in [5.41, 5.74) is 0. The fraction of sp³-hybridized carbons (Fsp3) is 1.00. The minimum Gasteiger partial charge on any atom is -0.344 e. The van der Waals surface area contributed by atoms with Crippen LogP contribution in [0.5, 0.6) is 0 Å². The molecule has 0 heterocycles. The third-order valence-electron chi connectivity index (χ3n) is 3.31. The van der Waals surface area contributed by atoms with Crippen LogP contribution in [-0.2, 0) is 10.1 Å². The lowest BCUT2D eigenvalue weighted by Crippen LogP contribution is -2.66. The van der Waals surface area contributed by atoms with E-state index in [1.807, 2.05) is 0 Å². The molecule has 0 aliphatic carbocycles. The maximum atomic E-state index is 13.3. The molecule has 0 fully saturated rings. The van der Waals surface area contributed by atoms with Crippen molar-refractivity contribution in [2.24, 2.45) is 0 Å². The predicted octanol–water partition coefficient (Wildman–Crippen LogP) is 5.39. The average molecular weight is 469 g/mol. The van der Waals surface area contributed by atoms with Gasteiger partial charge in [0.15, 0.2) is 6.17 Å². The van der Waals surface area contributed by atoms with Gasteiger partial charge in [0.05, 0.1) is 0 Å². The first-order valence-corrected chi connectivity index (χ1v) is 8.26. The topological polar surface area (TPSA) is 89.4 Å². The van der Waals surface area contributed by atoms with Crippen molar-refractivity contribution in [3.05, 3.63) is 0 Å². The largest absolute Gasteiger partial charge is 0.438 e. The highest BCUT2D eigenvalue weighted by molar-refractivity contribution is 7.87. The monoisotopic (exact) mass is 469 g/mol. The molecule has 0 bridgehead atoms. The van der Waals surface area contributed by atoms with Crippen LogP contribution < -0.4 is 6.15 Å². The summed E-state index contributed by atoms with van der Waals surface area (Å²) in [7, 11) is -7.29. The number of hydrogen-bond acceptors (Lipinski definition) is 3. The van der Waals surface area contributed by atoms with Gasteiger partial charge in [-0.15, -0.1) is 0 Å². The molecule has 1 atom stereocenters. The Hall–Kier alpha value is -0.970. The van der Waals surface area contributed by atoms with Gasteiger partial charge in [0.2, 0.25) is 0 Å². The maximum Gasteiger partial charge on any atom is 0.438 e. The Labute approximate surface area is 150 Å². The predicted molar refractivity (Wildman–Crippen MR) is 70.4 cm³/mol. The van der Waals surface area contributed by atoms with Gasteiger partial charge in [-0.3, -0.25) is 4.55 Å².